The molecule has 5 nitrogen and oxygen atoms in total. The smallest absolute Gasteiger partial charge is 0.171 e. The van der Waals surface area contributed by atoms with E-state index < -0.39 is 0 Å². The maximum Gasteiger partial charge on any atom is 0.171 e. The molecular weight excluding hydrogens is 254 g/mol. The fourth-order valence-electron chi connectivity index (χ4n) is 2.14. The summed E-state index contributed by atoms with van der Waals surface area (Å²) in [7, 11) is 1.64. The minimum absolute atomic E-state index is 0.418. The van der Waals surface area contributed by atoms with Gasteiger partial charge in [-0.3, -0.25) is 4.79 Å². The van der Waals surface area contributed by atoms with Gasteiger partial charge < -0.3 is 4.74 Å². The van der Waals surface area contributed by atoms with Crippen molar-refractivity contribution < 1.29 is 9.53 Å². The Balaban J connectivity index is 1.99. The number of carbonyl (C=O) groups is 1. The van der Waals surface area contributed by atoms with Crippen LogP contribution in [-0.2, 0) is 6.54 Å². The highest BCUT2D eigenvalue weighted by Gasteiger charge is 2.10. The first kappa shape index (κ1) is 12.3. The Morgan fingerprint density at radius 2 is 2.05 bits per heavy atom. The van der Waals surface area contributed by atoms with Crippen molar-refractivity contribution in [2.45, 2.75) is 6.54 Å². The number of hydrogen-bond acceptors (Lipinski definition) is 4. The standard InChI is InChI=1S/C15H13N3O2/c1-20-12-6-4-11(5-7-12)9-18-15-13(3-2-8-16-15)14(10-19)17-18/h2-8,10H,9H2,1H3. The fourth-order valence-corrected chi connectivity index (χ4v) is 2.14. The van der Waals surface area contributed by atoms with Gasteiger partial charge in [-0.05, 0) is 29.8 Å². The van der Waals surface area contributed by atoms with Crippen LogP contribution in [-0.4, -0.2) is 28.2 Å². The molecule has 2 aromatic heterocycles. The zero-order chi connectivity index (χ0) is 13.9. The van der Waals surface area contributed by atoms with Crippen LogP contribution in [0, 0.1) is 0 Å². The number of pyridine rings is 1. The summed E-state index contributed by atoms with van der Waals surface area (Å²) in [4.78, 5) is 15.3. The van der Waals surface area contributed by atoms with Gasteiger partial charge in [0, 0.05) is 11.6 Å². The maximum absolute atomic E-state index is 11.0. The van der Waals surface area contributed by atoms with Gasteiger partial charge in [-0.2, -0.15) is 5.10 Å². The zero-order valence-corrected chi connectivity index (χ0v) is 11.0. The van der Waals surface area contributed by atoms with Crippen molar-refractivity contribution in [2.24, 2.45) is 0 Å². The van der Waals surface area contributed by atoms with E-state index in [1.165, 1.54) is 0 Å². The number of fused-ring (bicyclic) bond motifs is 1. The van der Waals surface area contributed by atoms with E-state index in [0.29, 0.717) is 17.9 Å². The first-order valence-electron chi connectivity index (χ1n) is 6.21. The topological polar surface area (TPSA) is 57.0 Å². The summed E-state index contributed by atoms with van der Waals surface area (Å²) in [6.45, 7) is 0.561. The van der Waals surface area contributed by atoms with Crippen molar-refractivity contribution in [1.82, 2.24) is 14.8 Å². The second kappa shape index (κ2) is 5.13. The molecule has 1 aromatic carbocycles. The lowest BCUT2D eigenvalue weighted by Crippen LogP contribution is -2.03. The number of carbonyl (C=O) groups excluding carboxylic acids is 1. The predicted molar refractivity (Wildman–Crippen MR) is 75.0 cm³/mol. The maximum atomic E-state index is 11.0. The molecule has 3 aromatic rings. The van der Waals surface area contributed by atoms with Crippen LogP contribution in [0.1, 0.15) is 16.1 Å². The van der Waals surface area contributed by atoms with Gasteiger partial charge in [0.2, 0.25) is 0 Å². The Bertz CT molecular complexity index is 747. The second-order valence-corrected chi connectivity index (χ2v) is 4.38. The number of aldehydes is 1. The Morgan fingerprint density at radius 1 is 1.25 bits per heavy atom. The number of benzene rings is 1. The summed E-state index contributed by atoms with van der Waals surface area (Å²) in [6.07, 6.45) is 2.46. The molecule has 3 rings (SSSR count). The Kier molecular flexibility index (Phi) is 3.16. The first-order valence-corrected chi connectivity index (χ1v) is 6.21. The molecule has 5 heteroatoms. The molecule has 0 N–H and O–H groups in total. The molecule has 0 unspecified atom stereocenters. The summed E-state index contributed by atoms with van der Waals surface area (Å²) in [5.74, 6) is 0.811. The van der Waals surface area contributed by atoms with Crippen molar-refractivity contribution >= 4 is 17.3 Å². The summed E-state index contributed by atoms with van der Waals surface area (Å²) >= 11 is 0. The third-order valence-corrected chi connectivity index (χ3v) is 3.14. The Hall–Kier alpha value is -2.69. The van der Waals surface area contributed by atoms with Crippen LogP contribution < -0.4 is 4.74 Å². The van der Waals surface area contributed by atoms with E-state index >= 15 is 0 Å². The lowest BCUT2D eigenvalue weighted by atomic mass is 10.2. The van der Waals surface area contributed by atoms with Gasteiger partial charge in [-0.25, -0.2) is 9.67 Å². The number of ether oxygens (including phenoxy) is 1. The van der Waals surface area contributed by atoms with Gasteiger partial charge >= 0.3 is 0 Å². The van der Waals surface area contributed by atoms with Crippen molar-refractivity contribution in [2.75, 3.05) is 7.11 Å². The van der Waals surface area contributed by atoms with Crippen LogP contribution >= 0.6 is 0 Å². The highest BCUT2D eigenvalue weighted by molar-refractivity contribution is 5.93. The molecule has 20 heavy (non-hydrogen) atoms. The Labute approximate surface area is 115 Å². The normalized spacial score (nSPS) is 10.7. The van der Waals surface area contributed by atoms with E-state index in [9.17, 15) is 4.79 Å². The molecule has 2 heterocycles. The van der Waals surface area contributed by atoms with Crippen molar-refractivity contribution in [3.63, 3.8) is 0 Å². The number of methoxy groups -OCH3 is 1. The molecule has 0 spiro atoms. The van der Waals surface area contributed by atoms with Crippen LogP contribution in [0.4, 0.5) is 0 Å². The van der Waals surface area contributed by atoms with Gasteiger partial charge in [0.15, 0.2) is 11.9 Å². The third-order valence-electron chi connectivity index (χ3n) is 3.14. The molecule has 0 aliphatic carbocycles. The van der Waals surface area contributed by atoms with Crippen LogP contribution in [0.3, 0.4) is 0 Å². The molecule has 0 bridgehead atoms. The van der Waals surface area contributed by atoms with E-state index in [-0.39, 0.29) is 0 Å². The SMILES string of the molecule is COc1ccc(Cn2nc(C=O)c3cccnc32)cc1. The molecule has 0 amide bonds. The van der Waals surface area contributed by atoms with Crippen molar-refractivity contribution in [3.8, 4) is 5.75 Å². The van der Waals surface area contributed by atoms with Gasteiger partial charge in [-0.1, -0.05) is 12.1 Å². The lowest BCUT2D eigenvalue weighted by Gasteiger charge is -2.04. The number of hydrogen-bond donors (Lipinski definition) is 0. The molecule has 0 aliphatic heterocycles. The summed E-state index contributed by atoms with van der Waals surface area (Å²) in [5.41, 5.74) is 2.20. The molecule has 100 valence electrons. The number of rotatable bonds is 4. The highest BCUT2D eigenvalue weighted by atomic mass is 16.5. The van der Waals surface area contributed by atoms with Crippen LogP contribution in [0.25, 0.3) is 11.0 Å². The summed E-state index contributed by atoms with van der Waals surface area (Å²) < 4.78 is 6.87. The molecule has 0 saturated carbocycles. The predicted octanol–water partition coefficient (Wildman–Crippen LogP) is 2.30. The average molecular weight is 267 g/mol. The average Bonchev–Trinajstić information content (AvgIpc) is 2.86. The van der Waals surface area contributed by atoms with E-state index in [4.69, 9.17) is 4.74 Å². The fraction of sp³-hybridized carbons (Fsp3) is 0.133. The molecule has 0 saturated heterocycles. The molecule has 0 atom stereocenters. The number of aromatic nitrogens is 3. The second-order valence-electron chi connectivity index (χ2n) is 4.38. The quantitative estimate of drug-likeness (QED) is 0.681. The lowest BCUT2D eigenvalue weighted by molar-refractivity contribution is 0.111. The van der Waals surface area contributed by atoms with Crippen molar-refractivity contribution in [3.05, 3.63) is 53.9 Å². The highest BCUT2D eigenvalue weighted by Crippen LogP contribution is 2.17. The minimum Gasteiger partial charge on any atom is -0.497 e. The molecule has 0 fully saturated rings. The first-order chi connectivity index (χ1) is 9.81. The zero-order valence-electron chi connectivity index (χ0n) is 11.0. The largest absolute Gasteiger partial charge is 0.497 e. The van der Waals surface area contributed by atoms with E-state index in [1.54, 1.807) is 24.1 Å². The molecule has 0 radical (unpaired) electrons. The van der Waals surface area contributed by atoms with E-state index in [0.717, 1.165) is 23.0 Å². The summed E-state index contributed by atoms with van der Waals surface area (Å²) in [6, 6.07) is 11.4. The van der Waals surface area contributed by atoms with Gasteiger partial charge in [0.05, 0.1) is 13.7 Å². The molecular formula is C15H13N3O2. The molecule has 0 aliphatic rings. The van der Waals surface area contributed by atoms with Crippen LogP contribution in [0.5, 0.6) is 5.75 Å². The van der Waals surface area contributed by atoms with Gasteiger partial charge in [0.25, 0.3) is 0 Å². The van der Waals surface area contributed by atoms with Crippen molar-refractivity contribution in [1.29, 1.82) is 0 Å². The monoisotopic (exact) mass is 267 g/mol. The van der Waals surface area contributed by atoms with E-state index in [1.807, 2.05) is 30.3 Å². The van der Waals surface area contributed by atoms with Gasteiger partial charge in [0.1, 0.15) is 11.4 Å². The van der Waals surface area contributed by atoms with E-state index in [2.05, 4.69) is 10.1 Å². The number of nitrogens with zero attached hydrogens (tertiary/aromatic N) is 3. The van der Waals surface area contributed by atoms with Crippen LogP contribution in [0.2, 0.25) is 0 Å². The minimum atomic E-state index is 0.418. The third kappa shape index (κ3) is 2.14. The summed E-state index contributed by atoms with van der Waals surface area (Å²) in [5, 5.41) is 5.07. The Morgan fingerprint density at radius 3 is 2.75 bits per heavy atom. The van der Waals surface area contributed by atoms with Crippen LogP contribution in [0.15, 0.2) is 42.6 Å². The van der Waals surface area contributed by atoms with Gasteiger partial charge in [-0.15, -0.1) is 0 Å².